The Morgan fingerprint density at radius 2 is 1.73 bits per heavy atom. The summed E-state index contributed by atoms with van der Waals surface area (Å²) < 4.78 is 0. The molecule has 1 atom stereocenters. The van der Waals surface area contributed by atoms with Gasteiger partial charge in [-0.15, -0.1) is 0 Å². The summed E-state index contributed by atoms with van der Waals surface area (Å²) in [7, 11) is 0. The fourth-order valence-corrected chi connectivity index (χ4v) is 5.02. The van der Waals surface area contributed by atoms with Gasteiger partial charge in [-0.2, -0.15) is 0 Å². The highest BCUT2D eigenvalue weighted by Crippen LogP contribution is 2.32. The van der Waals surface area contributed by atoms with Crippen molar-refractivity contribution in [2.24, 2.45) is 17.8 Å². The maximum atomic E-state index is 12.9. The minimum atomic E-state index is -0.0992. The molecule has 2 saturated heterocycles. The zero-order valence-electron chi connectivity index (χ0n) is 16.3. The molecule has 0 aromatic carbocycles. The number of likely N-dealkylation sites (tertiary alicyclic amines) is 2. The highest BCUT2D eigenvalue weighted by atomic mass is 16.2. The third-order valence-corrected chi connectivity index (χ3v) is 7.13. The monoisotopic (exact) mass is 361 g/mol. The SMILES string of the molecule is CC1CCC(N2CC(C(=O)N3CCC(NCC4CC4)CC3)CC2=O)CC1. The van der Waals surface area contributed by atoms with Crippen LogP contribution in [-0.2, 0) is 9.59 Å². The average molecular weight is 362 g/mol. The summed E-state index contributed by atoms with van der Waals surface area (Å²) in [5, 5.41) is 3.67. The highest BCUT2D eigenvalue weighted by Gasteiger charge is 2.40. The van der Waals surface area contributed by atoms with Crippen LogP contribution in [0.4, 0.5) is 0 Å². The molecule has 5 nitrogen and oxygen atoms in total. The minimum Gasteiger partial charge on any atom is -0.342 e. The van der Waals surface area contributed by atoms with Crippen LogP contribution in [0.2, 0.25) is 0 Å². The number of piperidine rings is 1. The number of rotatable bonds is 5. The van der Waals surface area contributed by atoms with Crippen LogP contribution in [0.5, 0.6) is 0 Å². The third kappa shape index (κ3) is 4.24. The fraction of sp³-hybridized carbons (Fsp3) is 0.905. The average Bonchev–Trinajstić information content (AvgIpc) is 3.41. The van der Waals surface area contributed by atoms with Crippen LogP contribution >= 0.6 is 0 Å². The molecule has 4 aliphatic rings. The summed E-state index contributed by atoms with van der Waals surface area (Å²) in [5.41, 5.74) is 0. The smallest absolute Gasteiger partial charge is 0.227 e. The van der Waals surface area contributed by atoms with Crippen molar-refractivity contribution in [1.29, 1.82) is 0 Å². The molecule has 1 unspecified atom stereocenters. The summed E-state index contributed by atoms with van der Waals surface area (Å²) in [5.74, 6) is 2.04. The molecule has 146 valence electrons. The Morgan fingerprint density at radius 3 is 2.38 bits per heavy atom. The Morgan fingerprint density at radius 1 is 1.04 bits per heavy atom. The second kappa shape index (κ2) is 7.87. The van der Waals surface area contributed by atoms with E-state index in [1.54, 1.807) is 0 Å². The molecule has 4 rings (SSSR count). The van der Waals surface area contributed by atoms with E-state index in [9.17, 15) is 9.59 Å². The first-order valence-electron chi connectivity index (χ1n) is 10.9. The lowest BCUT2D eigenvalue weighted by Crippen LogP contribution is -2.47. The van der Waals surface area contributed by atoms with Gasteiger partial charge >= 0.3 is 0 Å². The minimum absolute atomic E-state index is 0.0992. The van der Waals surface area contributed by atoms with Gasteiger partial charge < -0.3 is 15.1 Å². The van der Waals surface area contributed by atoms with Gasteiger partial charge in [-0.25, -0.2) is 0 Å². The fourth-order valence-electron chi connectivity index (χ4n) is 5.02. The van der Waals surface area contributed by atoms with Crippen molar-refractivity contribution in [3.8, 4) is 0 Å². The van der Waals surface area contributed by atoms with Crippen molar-refractivity contribution < 1.29 is 9.59 Å². The van der Waals surface area contributed by atoms with Crippen molar-refractivity contribution in [3.05, 3.63) is 0 Å². The van der Waals surface area contributed by atoms with Crippen LogP contribution in [0.1, 0.15) is 64.7 Å². The van der Waals surface area contributed by atoms with Crippen molar-refractivity contribution in [2.45, 2.75) is 76.8 Å². The highest BCUT2D eigenvalue weighted by molar-refractivity contribution is 5.89. The summed E-state index contributed by atoms with van der Waals surface area (Å²) >= 11 is 0. The van der Waals surface area contributed by atoms with E-state index < -0.39 is 0 Å². The Balaban J connectivity index is 1.24. The van der Waals surface area contributed by atoms with E-state index in [4.69, 9.17) is 0 Å². The van der Waals surface area contributed by atoms with Crippen molar-refractivity contribution in [2.75, 3.05) is 26.2 Å². The van der Waals surface area contributed by atoms with E-state index in [1.807, 2.05) is 9.80 Å². The van der Waals surface area contributed by atoms with E-state index >= 15 is 0 Å². The van der Waals surface area contributed by atoms with Crippen LogP contribution in [0.15, 0.2) is 0 Å². The number of hydrogen-bond acceptors (Lipinski definition) is 3. The van der Waals surface area contributed by atoms with Crippen LogP contribution < -0.4 is 5.32 Å². The lowest BCUT2D eigenvalue weighted by Gasteiger charge is -2.35. The molecule has 2 heterocycles. The number of carbonyl (C=O) groups is 2. The molecule has 5 heteroatoms. The summed E-state index contributed by atoms with van der Waals surface area (Å²) in [6.07, 6.45) is 9.99. The Bertz CT molecular complexity index is 517. The van der Waals surface area contributed by atoms with E-state index in [1.165, 1.54) is 25.7 Å². The van der Waals surface area contributed by atoms with Gasteiger partial charge in [-0.1, -0.05) is 6.92 Å². The second-order valence-corrected chi connectivity index (χ2v) is 9.31. The number of hydrogen-bond donors (Lipinski definition) is 1. The number of nitrogens with zero attached hydrogens (tertiary/aromatic N) is 2. The van der Waals surface area contributed by atoms with E-state index in [-0.39, 0.29) is 17.7 Å². The largest absolute Gasteiger partial charge is 0.342 e. The van der Waals surface area contributed by atoms with Crippen molar-refractivity contribution >= 4 is 11.8 Å². The maximum Gasteiger partial charge on any atom is 0.227 e. The van der Waals surface area contributed by atoms with Crippen LogP contribution in [0, 0.1) is 17.8 Å². The number of carbonyl (C=O) groups excluding carboxylic acids is 2. The topological polar surface area (TPSA) is 52.7 Å². The van der Waals surface area contributed by atoms with E-state index in [0.717, 1.165) is 57.2 Å². The summed E-state index contributed by atoms with van der Waals surface area (Å²) in [6, 6.07) is 0.958. The van der Waals surface area contributed by atoms with Crippen molar-refractivity contribution in [3.63, 3.8) is 0 Å². The molecule has 2 amide bonds. The molecule has 2 aliphatic heterocycles. The molecule has 0 aromatic heterocycles. The first kappa shape index (κ1) is 18.3. The van der Waals surface area contributed by atoms with Gasteiger partial charge in [0.15, 0.2) is 0 Å². The summed E-state index contributed by atoms with van der Waals surface area (Å²) in [6.45, 7) is 5.83. The van der Waals surface area contributed by atoms with Crippen LogP contribution in [0.25, 0.3) is 0 Å². The van der Waals surface area contributed by atoms with Gasteiger partial charge in [0.25, 0.3) is 0 Å². The molecular formula is C21H35N3O2. The quantitative estimate of drug-likeness (QED) is 0.818. The first-order valence-corrected chi connectivity index (χ1v) is 10.9. The number of amides is 2. The molecular weight excluding hydrogens is 326 g/mol. The van der Waals surface area contributed by atoms with Gasteiger partial charge in [0, 0.05) is 38.1 Å². The molecule has 0 aromatic rings. The van der Waals surface area contributed by atoms with Gasteiger partial charge in [0.05, 0.1) is 5.92 Å². The second-order valence-electron chi connectivity index (χ2n) is 9.31. The van der Waals surface area contributed by atoms with E-state index in [2.05, 4.69) is 12.2 Å². The Hall–Kier alpha value is -1.10. The standard InChI is InChI=1S/C21H35N3O2/c1-15-2-6-19(7-3-15)24-14-17(12-20(24)25)21(26)23-10-8-18(9-11-23)22-13-16-4-5-16/h15-19,22H,2-14H2,1H3. The molecule has 0 bridgehead atoms. The molecule has 4 fully saturated rings. The van der Waals surface area contributed by atoms with Gasteiger partial charge in [0.1, 0.15) is 0 Å². The zero-order chi connectivity index (χ0) is 18.1. The molecule has 0 radical (unpaired) electrons. The third-order valence-electron chi connectivity index (χ3n) is 7.13. The lowest BCUT2D eigenvalue weighted by molar-refractivity contribution is -0.137. The molecule has 2 aliphatic carbocycles. The first-order chi connectivity index (χ1) is 12.6. The van der Waals surface area contributed by atoms with Gasteiger partial charge in [-0.05, 0) is 69.7 Å². The normalized spacial score (nSPS) is 33.7. The molecule has 1 N–H and O–H groups in total. The van der Waals surface area contributed by atoms with Crippen molar-refractivity contribution in [1.82, 2.24) is 15.1 Å². The van der Waals surface area contributed by atoms with Gasteiger partial charge in [-0.3, -0.25) is 9.59 Å². The summed E-state index contributed by atoms with van der Waals surface area (Å²) in [4.78, 5) is 29.5. The van der Waals surface area contributed by atoms with Crippen LogP contribution in [0.3, 0.4) is 0 Å². The lowest BCUT2D eigenvalue weighted by atomic mass is 9.86. The molecule has 26 heavy (non-hydrogen) atoms. The predicted octanol–water partition coefficient (Wildman–Crippen LogP) is 2.40. The maximum absolute atomic E-state index is 12.9. The van der Waals surface area contributed by atoms with Gasteiger partial charge in [0.2, 0.25) is 11.8 Å². The van der Waals surface area contributed by atoms with Crippen LogP contribution in [-0.4, -0.2) is 59.9 Å². The predicted molar refractivity (Wildman–Crippen MR) is 102 cm³/mol. The zero-order valence-corrected chi connectivity index (χ0v) is 16.3. The Kier molecular flexibility index (Phi) is 5.53. The number of nitrogens with one attached hydrogen (secondary N) is 1. The Labute approximate surface area is 157 Å². The van der Waals surface area contributed by atoms with E-state index in [0.29, 0.717) is 25.0 Å². The molecule has 2 saturated carbocycles. The molecule has 0 spiro atoms.